The second-order valence-corrected chi connectivity index (χ2v) is 10.7. The van der Waals surface area contributed by atoms with Gasteiger partial charge in [0.25, 0.3) is 0 Å². The van der Waals surface area contributed by atoms with E-state index in [-0.39, 0.29) is 11.4 Å². The molecule has 3 amide bonds. The van der Waals surface area contributed by atoms with Crippen molar-refractivity contribution in [1.82, 2.24) is 9.97 Å². The molecule has 4 aromatic rings. The van der Waals surface area contributed by atoms with Crippen LogP contribution in [0.2, 0.25) is 0 Å². The molecule has 5 rings (SSSR count). The number of hydrogen-bond donors (Lipinski definition) is 5. The summed E-state index contributed by atoms with van der Waals surface area (Å²) in [6.45, 7) is 7.71. The number of aromatic nitrogens is 2. The van der Waals surface area contributed by atoms with E-state index < -0.39 is 17.8 Å². The molecule has 2 heterocycles. The Bertz CT molecular complexity index is 1800. The zero-order valence-electron chi connectivity index (χ0n) is 25.6. The first-order valence-corrected chi connectivity index (χ1v) is 14.6. The number of morpholine rings is 1. The lowest BCUT2D eigenvalue weighted by atomic mass is 9.98. The van der Waals surface area contributed by atoms with Gasteiger partial charge in [-0.25, -0.2) is 19.2 Å². The third-order valence-corrected chi connectivity index (χ3v) is 7.42. The lowest BCUT2D eigenvalue weighted by molar-refractivity contribution is -0.574. The number of ether oxygens (including phenoxy) is 1. The van der Waals surface area contributed by atoms with Crippen molar-refractivity contribution in [2.75, 3.05) is 54.2 Å². The minimum Gasteiger partial charge on any atom is -0.378 e. The van der Waals surface area contributed by atoms with E-state index in [1.54, 1.807) is 19.1 Å². The van der Waals surface area contributed by atoms with Crippen LogP contribution in [0.15, 0.2) is 66.4 Å². The molecule has 45 heavy (non-hydrogen) atoms. The highest BCUT2D eigenvalue weighted by Crippen LogP contribution is 2.31. The van der Waals surface area contributed by atoms with Crippen LogP contribution in [0.25, 0.3) is 27.9 Å². The van der Waals surface area contributed by atoms with Gasteiger partial charge in [0.05, 0.1) is 37.0 Å². The lowest BCUT2D eigenvalue weighted by Crippen LogP contribution is -2.77. The number of quaternary nitrogens is 1. The van der Waals surface area contributed by atoms with Crippen LogP contribution >= 0.6 is 0 Å². The van der Waals surface area contributed by atoms with Gasteiger partial charge >= 0.3 is 6.03 Å². The summed E-state index contributed by atoms with van der Waals surface area (Å²) in [6.07, 6.45) is 0. The number of urea groups is 1. The molecule has 1 fully saturated rings. The van der Waals surface area contributed by atoms with E-state index in [0.717, 1.165) is 45.2 Å². The lowest BCUT2D eigenvalue weighted by Gasteiger charge is -2.29. The molecule has 6 N–H and O–H groups in total. The number of anilines is 4. The number of benzene rings is 3. The van der Waals surface area contributed by atoms with Crippen LogP contribution in [0.1, 0.15) is 26.3 Å². The normalized spacial score (nSPS) is 13.7. The highest BCUT2D eigenvalue weighted by molar-refractivity contribution is 6.22. The molecule has 0 atom stereocenters. The maximum Gasteiger partial charge on any atom is 0.323 e. The van der Waals surface area contributed by atoms with Gasteiger partial charge in [-0.05, 0) is 67.1 Å². The number of nitrogens with zero attached hydrogens (tertiary/aromatic N) is 3. The van der Waals surface area contributed by atoms with Gasteiger partial charge in [0.2, 0.25) is 5.91 Å². The summed E-state index contributed by atoms with van der Waals surface area (Å²) in [7, 11) is 1.96. The minimum absolute atomic E-state index is 0.0317. The third-order valence-electron chi connectivity index (χ3n) is 7.42. The van der Waals surface area contributed by atoms with E-state index in [2.05, 4.69) is 20.9 Å². The number of rotatable bonds is 8. The Hall–Kier alpha value is -5.20. The predicted molar refractivity (Wildman–Crippen MR) is 175 cm³/mol. The van der Waals surface area contributed by atoms with Gasteiger partial charge in [-0.1, -0.05) is 6.07 Å². The first-order chi connectivity index (χ1) is 21.6. The maximum atomic E-state index is 14.3. The maximum absolute atomic E-state index is 14.3. The van der Waals surface area contributed by atoms with Gasteiger partial charge in [-0.3, -0.25) is 4.79 Å². The van der Waals surface area contributed by atoms with E-state index in [1.165, 1.54) is 19.1 Å². The van der Waals surface area contributed by atoms with Crippen molar-refractivity contribution in [3.8, 4) is 11.4 Å². The zero-order chi connectivity index (χ0) is 32.1. The fourth-order valence-corrected chi connectivity index (χ4v) is 5.18. The van der Waals surface area contributed by atoms with Gasteiger partial charge < -0.3 is 36.3 Å². The molecule has 232 valence electrons. The average molecular weight is 612 g/mol. The van der Waals surface area contributed by atoms with Crippen LogP contribution in [-0.2, 0) is 9.53 Å². The highest BCUT2D eigenvalue weighted by Gasteiger charge is 2.20. The number of nitrogens with two attached hydrogens (primary N) is 1. The van der Waals surface area contributed by atoms with E-state index in [9.17, 15) is 14.0 Å². The van der Waals surface area contributed by atoms with E-state index >= 15 is 0 Å². The second-order valence-electron chi connectivity index (χ2n) is 10.7. The molecule has 1 aliphatic rings. The Morgan fingerprint density at radius 1 is 0.911 bits per heavy atom. The summed E-state index contributed by atoms with van der Waals surface area (Å²) in [5.41, 5.74) is 5.59. The fraction of sp³-hybridized carbons (Fsp3) is 0.242. The largest absolute Gasteiger partial charge is 0.378 e. The average Bonchev–Trinajstić information content (AvgIpc) is 3.02. The Labute approximate surface area is 260 Å². The summed E-state index contributed by atoms with van der Waals surface area (Å²) in [5.74, 6) is 0.295. The standard InChI is InChI=1S/C33H35FN8O3/c1-19(35)30(20(2)36-4)23-7-11-26-29(17-23)40-31(41-32(26)42-13-15-45-16-14-42)22-5-8-24(9-6-22)38-33(44)39-25-10-12-28(27(34)18-25)37-21(3)43/h5-12,17-18,35-36H,13-16H2,1-4H3,(H,37,43)(H2,38,39,44)/p+1/b30-20+,35-19?. The molecule has 12 heteroatoms. The molecule has 3 aromatic carbocycles. The van der Waals surface area contributed by atoms with Crippen LogP contribution in [0.4, 0.5) is 32.1 Å². The smallest absolute Gasteiger partial charge is 0.323 e. The monoisotopic (exact) mass is 611 g/mol. The molecule has 0 radical (unpaired) electrons. The van der Waals surface area contributed by atoms with Gasteiger partial charge in [0, 0.05) is 55.0 Å². The van der Waals surface area contributed by atoms with Crippen molar-refractivity contribution in [2.45, 2.75) is 20.8 Å². The predicted octanol–water partition coefficient (Wildman–Crippen LogP) is 4.84. The summed E-state index contributed by atoms with van der Waals surface area (Å²) in [6, 6.07) is 16.7. The molecular weight excluding hydrogens is 575 g/mol. The Morgan fingerprint density at radius 2 is 1.60 bits per heavy atom. The van der Waals surface area contributed by atoms with E-state index in [4.69, 9.17) is 20.1 Å². The molecule has 1 saturated heterocycles. The summed E-state index contributed by atoms with van der Waals surface area (Å²) in [5, 5.41) is 19.0. The number of nitrogens with one attached hydrogen (secondary N) is 4. The van der Waals surface area contributed by atoms with Crippen molar-refractivity contribution >= 4 is 57.0 Å². The van der Waals surface area contributed by atoms with Crippen LogP contribution in [0, 0.1) is 11.2 Å². The summed E-state index contributed by atoms with van der Waals surface area (Å²) in [4.78, 5) is 35.9. The van der Waals surface area contributed by atoms with Crippen molar-refractivity contribution in [3.63, 3.8) is 0 Å². The molecule has 0 unspecified atom stereocenters. The van der Waals surface area contributed by atoms with Gasteiger partial charge in [-0.2, -0.15) is 0 Å². The van der Waals surface area contributed by atoms with Crippen LogP contribution < -0.4 is 26.2 Å². The van der Waals surface area contributed by atoms with E-state index in [0.29, 0.717) is 43.5 Å². The Kier molecular flexibility index (Phi) is 9.45. The minimum atomic E-state index is -0.662. The van der Waals surface area contributed by atoms with Gasteiger partial charge in [0.1, 0.15) is 17.3 Å². The number of hydrogen-bond acceptors (Lipinski definition) is 7. The number of allylic oxidation sites excluding steroid dienone is 2. The van der Waals surface area contributed by atoms with Crippen molar-refractivity contribution in [1.29, 1.82) is 5.41 Å². The van der Waals surface area contributed by atoms with Gasteiger partial charge in [-0.15, -0.1) is 0 Å². The second kappa shape index (κ2) is 13.6. The van der Waals surface area contributed by atoms with Crippen LogP contribution in [-0.4, -0.2) is 61.0 Å². The Morgan fingerprint density at radius 3 is 2.24 bits per heavy atom. The van der Waals surface area contributed by atoms with Crippen molar-refractivity contribution in [2.24, 2.45) is 0 Å². The van der Waals surface area contributed by atoms with Crippen LogP contribution in [0.5, 0.6) is 0 Å². The molecule has 11 nitrogen and oxygen atoms in total. The summed E-state index contributed by atoms with van der Waals surface area (Å²) >= 11 is 0. The third kappa shape index (κ3) is 7.31. The number of carbonyl (C=O) groups excluding carboxylic acids is 2. The van der Waals surface area contributed by atoms with Crippen molar-refractivity contribution in [3.05, 3.63) is 77.7 Å². The highest BCUT2D eigenvalue weighted by atomic mass is 19.1. The molecule has 0 spiro atoms. The van der Waals surface area contributed by atoms with Crippen molar-refractivity contribution < 1.29 is 24.0 Å². The quantitative estimate of drug-likeness (QED) is 0.180. The molecule has 0 aliphatic carbocycles. The molecule has 1 aliphatic heterocycles. The molecule has 0 saturated carbocycles. The van der Waals surface area contributed by atoms with E-state index in [1.807, 2.05) is 49.6 Å². The number of amides is 3. The number of carbonyl (C=O) groups is 2. The first kappa shape index (κ1) is 31.2. The summed E-state index contributed by atoms with van der Waals surface area (Å²) < 4.78 is 19.8. The fourth-order valence-electron chi connectivity index (χ4n) is 5.18. The molecular formula is C33H36FN8O3+. The number of fused-ring (bicyclic) bond motifs is 1. The van der Waals surface area contributed by atoms with Gasteiger partial charge in [0.15, 0.2) is 5.82 Å². The Balaban J connectivity index is 1.42. The molecule has 1 aromatic heterocycles. The molecule has 0 bridgehead atoms. The first-order valence-electron chi connectivity index (χ1n) is 14.6. The zero-order valence-corrected chi connectivity index (χ0v) is 25.6. The topological polar surface area (TPSA) is 149 Å². The van der Waals surface area contributed by atoms with Crippen LogP contribution in [0.3, 0.4) is 0 Å². The SMILES string of the molecule is C[NH2+]/C(C)=C(\C(C)=N)c1ccc2c(N3CCOCC3)nc(-c3ccc(NC(=O)Nc4ccc(NC(C)=O)c(F)c4)cc3)nc2c1. The number of halogens is 1.